The fourth-order valence-corrected chi connectivity index (χ4v) is 11.8. The zero-order valence-corrected chi connectivity index (χ0v) is 48.9. The number of rotatable bonds is 7. The number of nitrogens with zero attached hydrogens (tertiary/aromatic N) is 5. The van der Waals surface area contributed by atoms with Crippen molar-refractivity contribution in [3.63, 3.8) is 0 Å². The van der Waals surface area contributed by atoms with E-state index in [4.69, 9.17) is 0 Å². The zero-order chi connectivity index (χ0) is 71.3. The van der Waals surface area contributed by atoms with Crippen molar-refractivity contribution >= 4 is 43.6 Å². The molecule has 0 radical (unpaired) electrons. The fourth-order valence-electron chi connectivity index (χ4n) is 11.8. The van der Waals surface area contributed by atoms with Crippen LogP contribution in [0.1, 0.15) is 61.5 Å². The van der Waals surface area contributed by atoms with Gasteiger partial charge in [0.25, 0.3) is 0 Å². The number of aryl methyl sites for hydroxylation is 2. The van der Waals surface area contributed by atoms with Crippen molar-refractivity contribution in [1.29, 1.82) is 5.26 Å². The summed E-state index contributed by atoms with van der Waals surface area (Å²) in [5.74, 6) is -0.252. The van der Waals surface area contributed by atoms with Gasteiger partial charge >= 0.3 is 49.4 Å². The maximum absolute atomic E-state index is 14.5. The van der Waals surface area contributed by atoms with Crippen molar-refractivity contribution in [1.82, 2.24) is 19.1 Å². The maximum Gasteiger partial charge on any atom is 0.416 e. The standard InChI is InChI=1S/C69H33F24N5/c1-31-11-32(2)96-61(95-31)41-24-59(97-55-20-33(37-12-42(62(70,71)72)26-43(13-37)63(73,74)75)3-7-50(55)51-8-4-34(21-56(51)97)38-14-44(64(76,77)78)27-45(15-38)65(79,80)81)54(30-94)60(25-41)98-57-22-35(39-16-46(66(82,83)84)28-47(17-39)67(85,86)87)5-9-52(57)53-10-6-36(23-58(53)98)40-18-48(68(88,89)90)29-49(19-40)69(91,92)93/h3-29H,1-2H3. The van der Waals surface area contributed by atoms with Crippen molar-refractivity contribution in [3.05, 3.63) is 225 Å². The monoisotopic (exact) mass is 1390 g/mol. The Morgan fingerprint density at radius 2 is 0.480 bits per heavy atom. The molecule has 0 aliphatic heterocycles. The minimum absolute atomic E-state index is 0.0263. The first-order valence-electron chi connectivity index (χ1n) is 28.1. The minimum Gasteiger partial charge on any atom is -0.308 e. The number of benzene rings is 9. The molecule has 0 fully saturated rings. The minimum atomic E-state index is -5.41. The lowest BCUT2D eigenvalue weighted by Crippen LogP contribution is -2.11. The van der Waals surface area contributed by atoms with Gasteiger partial charge in [0.15, 0.2) is 5.82 Å². The maximum atomic E-state index is 14.5. The molecule has 0 atom stereocenters. The predicted molar refractivity (Wildman–Crippen MR) is 312 cm³/mol. The molecule has 502 valence electrons. The molecule has 3 aromatic heterocycles. The topological polar surface area (TPSA) is 59.4 Å². The van der Waals surface area contributed by atoms with Crippen LogP contribution in [0.25, 0.3) is 111 Å². The molecule has 0 saturated carbocycles. The highest BCUT2D eigenvalue weighted by atomic mass is 19.4. The zero-order valence-electron chi connectivity index (χ0n) is 48.9. The normalized spacial score (nSPS) is 13.2. The average Bonchev–Trinajstić information content (AvgIpc) is 1.56. The highest BCUT2D eigenvalue weighted by Crippen LogP contribution is 2.49. The van der Waals surface area contributed by atoms with Crippen LogP contribution < -0.4 is 0 Å². The first kappa shape index (κ1) is 67.5. The number of hydrogen-bond donors (Lipinski definition) is 0. The third-order valence-corrected chi connectivity index (χ3v) is 16.1. The molecule has 0 aliphatic rings. The smallest absolute Gasteiger partial charge is 0.308 e. The number of hydrogen-bond acceptors (Lipinski definition) is 3. The van der Waals surface area contributed by atoms with Crippen molar-refractivity contribution < 1.29 is 105 Å². The Morgan fingerprint density at radius 1 is 0.265 bits per heavy atom. The van der Waals surface area contributed by atoms with E-state index in [1.165, 1.54) is 56.3 Å². The number of fused-ring (bicyclic) bond motifs is 6. The highest BCUT2D eigenvalue weighted by molar-refractivity contribution is 6.13. The number of halogens is 24. The molecule has 0 amide bonds. The summed E-state index contributed by atoms with van der Waals surface area (Å²) < 4.78 is 350. The predicted octanol–water partition coefficient (Wildman–Crippen LogP) is 23.6. The van der Waals surface area contributed by atoms with Crippen LogP contribution in [-0.2, 0) is 49.4 Å². The molecular weight excluding hydrogens is 1350 g/mol. The average molecular weight is 1390 g/mol. The summed E-state index contributed by atoms with van der Waals surface area (Å²) in [6, 6.07) is 21.2. The number of nitriles is 1. The molecule has 0 saturated heterocycles. The van der Waals surface area contributed by atoms with E-state index >= 15 is 0 Å². The second kappa shape index (κ2) is 22.8. The number of alkyl halides is 24. The Labute approximate surface area is 533 Å². The molecule has 3 heterocycles. The van der Waals surface area contributed by atoms with E-state index in [-0.39, 0.29) is 90.7 Å². The van der Waals surface area contributed by atoms with Crippen LogP contribution in [0.2, 0.25) is 0 Å². The van der Waals surface area contributed by atoms with E-state index in [2.05, 4.69) is 9.97 Å². The van der Waals surface area contributed by atoms with Gasteiger partial charge in [-0.3, -0.25) is 0 Å². The molecule has 0 aliphatic carbocycles. The van der Waals surface area contributed by atoms with Gasteiger partial charge in [0.05, 0.1) is 77.9 Å². The Bertz CT molecular complexity index is 4600. The quantitative estimate of drug-likeness (QED) is 0.149. The third kappa shape index (κ3) is 12.7. The summed E-state index contributed by atoms with van der Waals surface area (Å²) in [6.45, 7) is 2.98. The van der Waals surface area contributed by atoms with Crippen molar-refractivity contribution in [2.24, 2.45) is 0 Å². The van der Waals surface area contributed by atoms with Gasteiger partial charge in [-0.15, -0.1) is 0 Å². The summed E-state index contributed by atoms with van der Waals surface area (Å²) in [7, 11) is 0. The lowest BCUT2D eigenvalue weighted by atomic mass is 9.97. The van der Waals surface area contributed by atoms with Crippen LogP contribution in [0, 0.1) is 25.2 Å². The van der Waals surface area contributed by atoms with Crippen molar-refractivity contribution in [2.75, 3.05) is 0 Å². The summed E-state index contributed by atoms with van der Waals surface area (Å²) in [6.07, 6.45) is -43.3. The van der Waals surface area contributed by atoms with Crippen molar-refractivity contribution in [3.8, 4) is 73.3 Å². The van der Waals surface area contributed by atoms with Crippen molar-refractivity contribution in [2.45, 2.75) is 63.3 Å². The highest BCUT2D eigenvalue weighted by Gasteiger charge is 2.42. The molecule has 0 spiro atoms. The summed E-state index contributed by atoms with van der Waals surface area (Å²) in [5, 5.41) is 11.8. The first-order chi connectivity index (χ1) is 45.3. The van der Waals surface area contributed by atoms with Crippen LogP contribution in [0.15, 0.2) is 164 Å². The van der Waals surface area contributed by atoms with Gasteiger partial charge in [-0.1, -0.05) is 48.5 Å². The Kier molecular flexibility index (Phi) is 15.7. The van der Waals surface area contributed by atoms with E-state index in [9.17, 15) is 111 Å². The second-order valence-corrected chi connectivity index (χ2v) is 22.8. The van der Waals surface area contributed by atoms with Gasteiger partial charge < -0.3 is 9.13 Å². The number of aromatic nitrogens is 4. The molecule has 0 unspecified atom stereocenters. The second-order valence-electron chi connectivity index (χ2n) is 22.8. The molecule has 9 aromatic carbocycles. The van der Waals surface area contributed by atoms with E-state index < -0.39 is 155 Å². The molecule has 12 aromatic rings. The van der Waals surface area contributed by atoms with Gasteiger partial charge in [-0.25, -0.2) is 9.97 Å². The van der Waals surface area contributed by atoms with Gasteiger partial charge in [-0.2, -0.15) is 111 Å². The first-order valence-corrected chi connectivity index (χ1v) is 28.1. The largest absolute Gasteiger partial charge is 0.416 e. The van der Waals surface area contributed by atoms with Gasteiger partial charge in [0, 0.05) is 38.5 Å². The Hall–Kier alpha value is -10.5. The van der Waals surface area contributed by atoms with E-state index in [0.29, 0.717) is 48.5 Å². The molecule has 98 heavy (non-hydrogen) atoms. The Morgan fingerprint density at radius 3 is 0.673 bits per heavy atom. The van der Waals surface area contributed by atoms with E-state index in [1.54, 1.807) is 0 Å². The SMILES string of the molecule is Cc1cc(C)nc(-c2cc(-n3c4cc(-c5cc(C(F)(F)F)cc(C(F)(F)F)c5)ccc4c4ccc(-c5cc(C(F)(F)F)cc(C(F)(F)F)c5)cc43)c(C#N)c(-n3c4cc(-c5cc(C(F)(F)F)cc(C(F)(F)F)c5)ccc4c4ccc(-c5cc(C(F)(F)F)cc(C(F)(F)F)c5)cc43)c2)n1. The summed E-state index contributed by atoms with van der Waals surface area (Å²) in [4.78, 5) is 9.09. The van der Waals surface area contributed by atoms with Gasteiger partial charge in [-0.05, 0) is 174 Å². The third-order valence-electron chi connectivity index (χ3n) is 16.1. The molecule has 0 bridgehead atoms. The lowest BCUT2D eigenvalue weighted by molar-refractivity contribution is -0.144. The Balaban J connectivity index is 1.27. The van der Waals surface area contributed by atoms with Gasteiger partial charge in [0.1, 0.15) is 11.6 Å². The van der Waals surface area contributed by atoms with Crippen LogP contribution in [0.3, 0.4) is 0 Å². The lowest BCUT2D eigenvalue weighted by Gasteiger charge is -2.19. The van der Waals surface area contributed by atoms with E-state index in [1.807, 2.05) is 6.07 Å². The van der Waals surface area contributed by atoms with Gasteiger partial charge in [0.2, 0.25) is 0 Å². The fraction of sp³-hybridized carbons (Fsp3) is 0.145. The van der Waals surface area contributed by atoms with Crippen LogP contribution >= 0.6 is 0 Å². The van der Waals surface area contributed by atoms with Crippen LogP contribution in [-0.4, -0.2) is 19.1 Å². The molecule has 12 rings (SSSR count). The molecule has 29 heteroatoms. The summed E-state index contributed by atoms with van der Waals surface area (Å²) >= 11 is 0. The molecule has 0 N–H and O–H groups in total. The van der Waals surface area contributed by atoms with E-state index in [0.717, 1.165) is 57.7 Å². The molecular formula is C69H33F24N5. The van der Waals surface area contributed by atoms with Crippen LogP contribution in [0.4, 0.5) is 105 Å². The van der Waals surface area contributed by atoms with Crippen LogP contribution in [0.5, 0.6) is 0 Å². The summed E-state index contributed by atoms with van der Waals surface area (Å²) in [5.41, 5.74) is -21.4. The molecule has 5 nitrogen and oxygen atoms in total.